The molecule has 1 unspecified atom stereocenters. The van der Waals surface area contributed by atoms with Crippen LogP contribution in [0.15, 0.2) is 42.6 Å². The first-order valence-electron chi connectivity index (χ1n) is 16.4. The molecule has 2 saturated carbocycles. The summed E-state index contributed by atoms with van der Waals surface area (Å²) in [5.74, 6) is -1.20. The van der Waals surface area contributed by atoms with Gasteiger partial charge in [0.1, 0.15) is 41.3 Å². The summed E-state index contributed by atoms with van der Waals surface area (Å²) in [6.07, 6.45) is 11.7. The summed E-state index contributed by atoms with van der Waals surface area (Å²) in [5, 5.41) is 16.4. The molecular weight excluding hydrogens is 592 g/mol. The molecule has 5 atom stereocenters. The number of aromatic nitrogens is 1. The second-order valence-electron chi connectivity index (χ2n) is 12.8. The van der Waals surface area contributed by atoms with Crippen molar-refractivity contribution in [2.45, 2.75) is 100 Å². The number of carboxylic acids is 1. The normalized spacial score (nSPS) is 29.5. The first kappa shape index (κ1) is 31.6. The van der Waals surface area contributed by atoms with E-state index in [1.165, 1.54) is 4.90 Å². The molecule has 246 valence electrons. The van der Waals surface area contributed by atoms with Gasteiger partial charge in [-0.15, -0.1) is 0 Å². The van der Waals surface area contributed by atoms with E-state index in [-0.39, 0.29) is 31.4 Å². The number of hydrogen-bond donors (Lipinski definition) is 3. The van der Waals surface area contributed by atoms with Crippen molar-refractivity contribution in [1.82, 2.24) is 20.5 Å². The molecule has 3 fully saturated rings. The maximum Gasteiger partial charge on any atom is 0.408 e. The fourth-order valence-electron chi connectivity index (χ4n) is 6.99. The topological polar surface area (TPSA) is 156 Å². The van der Waals surface area contributed by atoms with Crippen LogP contribution in [0.4, 0.5) is 4.79 Å². The van der Waals surface area contributed by atoms with Gasteiger partial charge in [0.2, 0.25) is 11.8 Å². The SMILES string of the molecule is COc1ccc2c(O[C@@H]3C[C@H]4C(=O)N[C@]5(C(=O)O)CC5/C=C\CCCCC[C@H](NC(=O)OC5CCCC5)C(=O)N4C3)ccnc2c1. The first-order chi connectivity index (χ1) is 22.3. The van der Waals surface area contributed by atoms with Crippen molar-refractivity contribution in [3.05, 3.63) is 42.6 Å². The molecule has 6 rings (SSSR count). The average Bonchev–Trinajstić information content (AvgIpc) is 3.32. The van der Waals surface area contributed by atoms with Gasteiger partial charge in [0.15, 0.2) is 0 Å². The largest absolute Gasteiger partial charge is 0.497 e. The van der Waals surface area contributed by atoms with Crippen LogP contribution in [-0.2, 0) is 19.1 Å². The lowest BCUT2D eigenvalue weighted by atomic mass is 10.0. The Labute approximate surface area is 267 Å². The molecule has 2 aromatic rings. The van der Waals surface area contributed by atoms with E-state index in [0.717, 1.165) is 50.3 Å². The molecule has 3 heterocycles. The Hall–Kier alpha value is -4.35. The highest BCUT2D eigenvalue weighted by molar-refractivity contribution is 5.96. The predicted octanol–water partition coefficient (Wildman–Crippen LogP) is 4.11. The van der Waals surface area contributed by atoms with Gasteiger partial charge in [-0.1, -0.05) is 25.0 Å². The summed E-state index contributed by atoms with van der Waals surface area (Å²) < 4.78 is 17.4. The van der Waals surface area contributed by atoms with Gasteiger partial charge in [0.25, 0.3) is 0 Å². The van der Waals surface area contributed by atoms with Gasteiger partial charge in [-0.25, -0.2) is 9.59 Å². The van der Waals surface area contributed by atoms with Crippen LogP contribution >= 0.6 is 0 Å². The number of fused-ring (bicyclic) bond motifs is 3. The number of amides is 3. The minimum Gasteiger partial charge on any atom is -0.497 e. The number of allylic oxidation sites excluding steroid dienone is 1. The third-order valence-electron chi connectivity index (χ3n) is 9.69. The Morgan fingerprint density at radius 2 is 1.87 bits per heavy atom. The fourth-order valence-corrected chi connectivity index (χ4v) is 6.99. The fraction of sp³-hybridized carbons (Fsp3) is 0.559. The third kappa shape index (κ3) is 6.75. The highest BCUT2D eigenvalue weighted by Gasteiger charge is 2.61. The number of aliphatic carboxylic acids is 1. The zero-order chi connectivity index (χ0) is 32.3. The van der Waals surface area contributed by atoms with Crippen molar-refractivity contribution in [3.8, 4) is 11.5 Å². The molecular formula is C34H42N4O8. The highest BCUT2D eigenvalue weighted by atomic mass is 16.6. The summed E-state index contributed by atoms with van der Waals surface area (Å²) in [7, 11) is 1.58. The van der Waals surface area contributed by atoms with Crippen molar-refractivity contribution < 1.29 is 38.5 Å². The molecule has 1 saturated heterocycles. The zero-order valence-electron chi connectivity index (χ0n) is 26.1. The molecule has 2 aliphatic heterocycles. The Bertz CT molecular complexity index is 1510. The van der Waals surface area contributed by atoms with Gasteiger partial charge in [-0.2, -0.15) is 0 Å². The van der Waals surface area contributed by atoms with Crippen molar-refractivity contribution in [2.75, 3.05) is 13.7 Å². The van der Waals surface area contributed by atoms with Gasteiger partial charge in [-0.05, 0) is 69.6 Å². The van der Waals surface area contributed by atoms with E-state index in [0.29, 0.717) is 29.9 Å². The van der Waals surface area contributed by atoms with E-state index in [1.54, 1.807) is 31.5 Å². The Morgan fingerprint density at radius 3 is 2.65 bits per heavy atom. The van der Waals surface area contributed by atoms with Crippen LogP contribution in [0.2, 0.25) is 0 Å². The molecule has 46 heavy (non-hydrogen) atoms. The third-order valence-corrected chi connectivity index (χ3v) is 9.69. The standard InChI is InChI=1S/C34H42N4O8/c1-44-23-13-14-25-27(17-23)35-16-15-29(25)45-24-18-28-30(39)37-34(32(41)42)19-21(34)9-5-3-2-4-6-12-26(31(40)38(28)20-24)36-33(43)46-22-10-7-8-11-22/h5,9,13-17,21-22,24,26,28H,2-4,6-8,10-12,18-20H2,1H3,(H,36,43)(H,37,39)(H,41,42)/b9-5-/t21?,24-,26+,28+,34-/m1/s1. The van der Waals surface area contributed by atoms with E-state index in [1.807, 2.05) is 18.2 Å². The minimum absolute atomic E-state index is 0.0795. The minimum atomic E-state index is -1.41. The van der Waals surface area contributed by atoms with Crippen molar-refractivity contribution >= 4 is 34.8 Å². The van der Waals surface area contributed by atoms with Gasteiger partial charge in [-0.3, -0.25) is 14.6 Å². The van der Waals surface area contributed by atoms with E-state index < -0.39 is 47.6 Å². The highest BCUT2D eigenvalue weighted by Crippen LogP contribution is 2.45. The molecule has 3 amide bonds. The van der Waals surface area contributed by atoms with Crippen LogP contribution < -0.4 is 20.1 Å². The van der Waals surface area contributed by atoms with E-state index >= 15 is 0 Å². The van der Waals surface area contributed by atoms with E-state index in [2.05, 4.69) is 15.6 Å². The van der Waals surface area contributed by atoms with Gasteiger partial charge < -0.3 is 34.9 Å². The van der Waals surface area contributed by atoms with Gasteiger partial charge in [0.05, 0.1) is 19.2 Å². The quantitative estimate of drug-likeness (QED) is 0.398. The number of pyridine rings is 1. The van der Waals surface area contributed by atoms with Gasteiger partial charge >= 0.3 is 12.1 Å². The summed E-state index contributed by atoms with van der Waals surface area (Å²) in [4.78, 5) is 59.3. The Balaban J connectivity index is 1.27. The summed E-state index contributed by atoms with van der Waals surface area (Å²) in [5.41, 5.74) is -0.746. The molecule has 4 aliphatic rings. The molecule has 1 aromatic carbocycles. The summed E-state index contributed by atoms with van der Waals surface area (Å²) in [6.45, 7) is 0.0795. The predicted molar refractivity (Wildman–Crippen MR) is 167 cm³/mol. The molecule has 2 aliphatic carbocycles. The lowest BCUT2D eigenvalue weighted by Crippen LogP contribution is -2.56. The number of alkyl carbamates (subject to hydrolysis) is 1. The number of ether oxygens (including phenoxy) is 3. The number of nitrogens with zero attached hydrogens (tertiary/aromatic N) is 2. The van der Waals surface area contributed by atoms with Crippen LogP contribution in [-0.4, -0.2) is 82.4 Å². The molecule has 12 nitrogen and oxygen atoms in total. The Morgan fingerprint density at radius 1 is 1.07 bits per heavy atom. The monoisotopic (exact) mass is 634 g/mol. The summed E-state index contributed by atoms with van der Waals surface area (Å²) >= 11 is 0. The summed E-state index contributed by atoms with van der Waals surface area (Å²) in [6, 6.07) is 5.28. The number of carbonyl (C=O) groups excluding carboxylic acids is 3. The average molecular weight is 635 g/mol. The molecule has 0 radical (unpaired) electrons. The number of methoxy groups -OCH3 is 1. The van der Waals surface area contributed by atoms with E-state index in [9.17, 15) is 24.3 Å². The van der Waals surface area contributed by atoms with Gasteiger partial charge in [0, 0.05) is 30.0 Å². The second kappa shape index (κ2) is 13.6. The maximum atomic E-state index is 14.2. The number of carboxylic acid groups (broad SMARTS) is 1. The van der Waals surface area contributed by atoms with Crippen LogP contribution in [0.25, 0.3) is 10.9 Å². The lowest BCUT2D eigenvalue weighted by molar-refractivity contribution is -0.145. The smallest absolute Gasteiger partial charge is 0.408 e. The van der Waals surface area contributed by atoms with Crippen LogP contribution in [0.3, 0.4) is 0 Å². The Kier molecular flexibility index (Phi) is 9.32. The van der Waals surface area contributed by atoms with Crippen LogP contribution in [0, 0.1) is 5.92 Å². The van der Waals surface area contributed by atoms with E-state index in [4.69, 9.17) is 14.2 Å². The maximum absolute atomic E-state index is 14.2. The van der Waals surface area contributed by atoms with Crippen molar-refractivity contribution in [1.29, 1.82) is 0 Å². The molecule has 0 spiro atoms. The molecule has 1 aromatic heterocycles. The molecule has 0 bridgehead atoms. The number of nitrogens with one attached hydrogen (secondary N) is 2. The first-order valence-corrected chi connectivity index (χ1v) is 16.4. The van der Waals surface area contributed by atoms with Crippen LogP contribution in [0.1, 0.15) is 70.6 Å². The number of hydrogen-bond acceptors (Lipinski definition) is 8. The van der Waals surface area contributed by atoms with Crippen LogP contribution in [0.5, 0.6) is 11.5 Å². The second-order valence-corrected chi connectivity index (χ2v) is 12.8. The number of carbonyl (C=O) groups is 4. The molecule has 12 heteroatoms. The zero-order valence-corrected chi connectivity index (χ0v) is 26.1. The number of rotatable bonds is 6. The number of benzene rings is 1. The van der Waals surface area contributed by atoms with Crippen molar-refractivity contribution in [3.63, 3.8) is 0 Å². The van der Waals surface area contributed by atoms with Crippen molar-refractivity contribution in [2.24, 2.45) is 5.92 Å². The lowest BCUT2D eigenvalue weighted by Gasteiger charge is -2.29. The molecule has 3 N–H and O–H groups in total.